The highest BCUT2D eigenvalue weighted by Gasteiger charge is 2.11. The average Bonchev–Trinajstić information content (AvgIpc) is 1.55. The molecule has 0 aliphatic carbocycles. The summed E-state index contributed by atoms with van der Waals surface area (Å²) in [5, 5.41) is 3.89. The Morgan fingerprint density at radius 1 is 1.00 bits per heavy atom. The third kappa shape index (κ3) is 9.47. The quantitative estimate of drug-likeness (QED) is 0.423. The first-order valence-electron chi connectivity index (χ1n) is 3.93. The Morgan fingerprint density at radius 2 is 1.45 bits per heavy atom. The van der Waals surface area contributed by atoms with Gasteiger partial charge < -0.3 is 4.84 Å². The second-order valence-electron chi connectivity index (χ2n) is 4.80. The van der Waals surface area contributed by atoms with Crippen LogP contribution in [0.15, 0.2) is 5.16 Å². The van der Waals surface area contributed by atoms with Crippen molar-refractivity contribution in [3.8, 4) is 0 Å². The van der Waals surface area contributed by atoms with Gasteiger partial charge in [-0.05, 0) is 20.8 Å². The molecule has 2 heteroatoms. The smallest absolute Gasteiger partial charge is 0.129 e. The maximum Gasteiger partial charge on any atom is 0.129 e. The molecule has 0 spiro atoms. The molecule has 0 aliphatic heterocycles. The zero-order valence-electron chi connectivity index (χ0n) is 8.43. The van der Waals surface area contributed by atoms with E-state index < -0.39 is 0 Å². The zero-order valence-corrected chi connectivity index (χ0v) is 8.43. The van der Waals surface area contributed by atoms with Crippen molar-refractivity contribution in [2.75, 3.05) is 0 Å². The van der Waals surface area contributed by atoms with Gasteiger partial charge in [-0.2, -0.15) is 0 Å². The van der Waals surface area contributed by atoms with E-state index in [1.54, 1.807) is 0 Å². The van der Waals surface area contributed by atoms with Crippen molar-refractivity contribution in [1.82, 2.24) is 0 Å². The molecular weight excluding hydrogens is 138 g/mol. The highest BCUT2D eigenvalue weighted by Crippen LogP contribution is 2.11. The molecule has 0 fully saturated rings. The van der Waals surface area contributed by atoms with Crippen molar-refractivity contribution in [3.63, 3.8) is 0 Å². The summed E-state index contributed by atoms with van der Waals surface area (Å²) >= 11 is 0. The van der Waals surface area contributed by atoms with Crippen LogP contribution in [0.25, 0.3) is 0 Å². The van der Waals surface area contributed by atoms with Gasteiger partial charge in [-0.3, -0.25) is 0 Å². The lowest BCUT2D eigenvalue weighted by atomic mass is 9.99. The molecule has 0 N–H and O–H groups in total. The van der Waals surface area contributed by atoms with E-state index in [4.69, 9.17) is 4.84 Å². The predicted molar refractivity (Wildman–Crippen MR) is 48.8 cm³/mol. The van der Waals surface area contributed by atoms with Gasteiger partial charge in [-0.25, -0.2) is 0 Å². The SMILES string of the molecule is CC(C)(C)C=NOC(C)(C)C. The Morgan fingerprint density at radius 3 is 1.73 bits per heavy atom. The molecule has 11 heavy (non-hydrogen) atoms. The van der Waals surface area contributed by atoms with Crippen LogP contribution in [0.4, 0.5) is 0 Å². The summed E-state index contributed by atoms with van der Waals surface area (Å²) in [4.78, 5) is 5.17. The Bertz CT molecular complexity index is 137. The first kappa shape index (κ1) is 10.5. The lowest BCUT2D eigenvalue weighted by Crippen LogP contribution is -2.17. The van der Waals surface area contributed by atoms with Crippen molar-refractivity contribution in [2.45, 2.75) is 47.1 Å². The van der Waals surface area contributed by atoms with Crippen molar-refractivity contribution < 1.29 is 4.84 Å². The van der Waals surface area contributed by atoms with Crippen LogP contribution in [0.1, 0.15) is 41.5 Å². The largest absolute Gasteiger partial charge is 0.390 e. The Labute approximate surface area is 69.6 Å². The number of hydrogen-bond acceptors (Lipinski definition) is 2. The van der Waals surface area contributed by atoms with Gasteiger partial charge in [-0.15, -0.1) is 0 Å². The molecule has 66 valence electrons. The maximum atomic E-state index is 5.17. The molecule has 0 aromatic heterocycles. The molecule has 0 bridgehead atoms. The third-order valence-electron chi connectivity index (χ3n) is 0.767. The highest BCUT2D eigenvalue weighted by molar-refractivity contribution is 5.63. The number of oxime groups is 1. The minimum absolute atomic E-state index is 0.102. The molecule has 0 atom stereocenters. The van der Waals surface area contributed by atoms with E-state index in [1.807, 2.05) is 27.0 Å². The first-order valence-corrected chi connectivity index (χ1v) is 3.93. The summed E-state index contributed by atoms with van der Waals surface area (Å²) in [6.45, 7) is 12.2. The van der Waals surface area contributed by atoms with E-state index in [9.17, 15) is 0 Å². The lowest BCUT2D eigenvalue weighted by Gasteiger charge is -2.17. The van der Waals surface area contributed by atoms with Gasteiger partial charge in [0.25, 0.3) is 0 Å². The van der Waals surface area contributed by atoms with Gasteiger partial charge in [0.15, 0.2) is 0 Å². The van der Waals surface area contributed by atoms with Crippen molar-refractivity contribution in [3.05, 3.63) is 0 Å². The van der Waals surface area contributed by atoms with Gasteiger partial charge in [0.2, 0.25) is 0 Å². The fraction of sp³-hybridized carbons (Fsp3) is 0.889. The summed E-state index contributed by atoms with van der Waals surface area (Å²) in [5.41, 5.74) is -0.0764. The average molecular weight is 157 g/mol. The molecule has 0 aromatic carbocycles. The van der Waals surface area contributed by atoms with Crippen LogP contribution in [0, 0.1) is 5.41 Å². The molecule has 0 saturated heterocycles. The first-order chi connectivity index (χ1) is 4.71. The van der Waals surface area contributed by atoms with Crippen LogP contribution in [-0.4, -0.2) is 11.8 Å². The number of nitrogens with zero attached hydrogens (tertiary/aromatic N) is 1. The number of rotatable bonds is 1. The minimum Gasteiger partial charge on any atom is -0.390 e. The molecule has 0 rings (SSSR count). The van der Waals surface area contributed by atoms with Gasteiger partial charge >= 0.3 is 0 Å². The van der Waals surface area contributed by atoms with Crippen LogP contribution in [0.5, 0.6) is 0 Å². The minimum atomic E-state index is -0.179. The molecule has 0 aliphatic rings. The van der Waals surface area contributed by atoms with Crippen LogP contribution in [-0.2, 0) is 4.84 Å². The summed E-state index contributed by atoms with van der Waals surface area (Å²) in [6, 6.07) is 0. The molecule has 0 amide bonds. The van der Waals surface area contributed by atoms with Gasteiger partial charge in [0, 0.05) is 11.6 Å². The standard InChI is InChI=1S/C9H19NO/c1-8(2,3)7-10-11-9(4,5)6/h7H,1-6H3. The van der Waals surface area contributed by atoms with Crippen LogP contribution < -0.4 is 0 Å². The van der Waals surface area contributed by atoms with E-state index in [0.717, 1.165) is 0 Å². The number of hydrogen-bond donors (Lipinski definition) is 0. The summed E-state index contributed by atoms with van der Waals surface area (Å²) < 4.78 is 0. The third-order valence-corrected chi connectivity index (χ3v) is 0.767. The fourth-order valence-corrected chi connectivity index (χ4v) is 0.343. The van der Waals surface area contributed by atoms with Crippen molar-refractivity contribution in [2.24, 2.45) is 10.6 Å². The van der Waals surface area contributed by atoms with E-state index in [0.29, 0.717) is 0 Å². The Hall–Kier alpha value is -0.530. The molecule has 0 saturated carbocycles. The molecular formula is C9H19NO. The Kier molecular flexibility index (Phi) is 3.09. The molecule has 0 radical (unpaired) electrons. The van der Waals surface area contributed by atoms with E-state index >= 15 is 0 Å². The summed E-state index contributed by atoms with van der Waals surface area (Å²) in [7, 11) is 0. The monoisotopic (exact) mass is 157 g/mol. The molecule has 0 unspecified atom stereocenters. The maximum absolute atomic E-state index is 5.17. The normalized spacial score (nSPS) is 14.0. The molecule has 0 aromatic rings. The second kappa shape index (κ2) is 3.24. The van der Waals surface area contributed by atoms with Gasteiger partial charge in [0.05, 0.1) is 0 Å². The van der Waals surface area contributed by atoms with Crippen molar-refractivity contribution in [1.29, 1.82) is 0 Å². The van der Waals surface area contributed by atoms with Gasteiger partial charge in [-0.1, -0.05) is 25.9 Å². The Balaban J connectivity index is 3.80. The highest BCUT2D eigenvalue weighted by atomic mass is 16.6. The van der Waals surface area contributed by atoms with Crippen LogP contribution in [0.3, 0.4) is 0 Å². The second-order valence-corrected chi connectivity index (χ2v) is 4.80. The van der Waals surface area contributed by atoms with Crippen LogP contribution in [0.2, 0.25) is 0 Å². The van der Waals surface area contributed by atoms with E-state index in [2.05, 4.69) is 25.9 Å². The predicted octanol–water partition coefficient (Wildman–Crippen LogP) is 2.83. The summed E-state index contributed by atoms with van der Waals surface area (Å²) in [5.74, 6) is 0. The van der Waals surface area contributed by atoms with Crippen LogP contribution >= 0.6 is 0 Å². The molecule has 2 nitrogen and oxygen atoms in total. The molecule has 0 heterocycles. The topological polar surface area (TPSA) is 21.6 Å². The lowest BCUT2D eigenvalue weighted by molar-refractivity contribution is 0.000757. The fourth-order valence-electron chi connectivity index (χ4n) is 0.343. The van der Waals surface area contributed by atoms with E-state index in [1.165, 1.54) is 0 Å². The van der Waals surface area contributed by atoms with E-state index in [-0.39, 0.29) is 11.0 Å². The van der Waals surface area contributed by atoms with Gasteiger partial charge in [0.1, 0.15) is 5.60 Å². The zero-order chi connectivity index (χ0) is 9.12. The summed E-state index contributed by atoms with van der Waals surface area (Å²) in [6.07, 6.45) is 1.82. The van der Waals surface area contributed by atoms with Crippen molar-refractivity contribution >= 4 is 6.21 Å².